The summed E-state index contributed by atoms with van der Waals surface area (Å²) in [5, 5.41) is 0.772. The molecule has 1 unspecified atom stereocenters. The number of benzene rings is 2. The van der Waals surface area contributed by atoms with Gasteiger partial charge < -0.3 is 9.47 Å². The minimum absolute atomic E-state index is 0.238. The smallest absolute Gasteiger partial charge is 0.493 e. The Bertz CT molecular complexity index is 1040. The van der Waals surface area contributed by atoms with Gasteiger partial charge in [0.05, 0.1) is 12.3 Å². The molecule has 0 bridgehead atoms. The molecule has 1 aliphatic rings. The molecule has 7 heteroatoms. The van der Waals surface area contributed by atoms with Crippen LogP contribution in [-0.4, -0.2) is 18.0 Å². The van der Waals surface area contributed by atoms with Gasteiger partial charge in [-0.25, -0.2) is 4.98 Å². The number of fused-ring (bicyclic) bond motifs is 1. The van der Waals surface area contributed by atoms with Gasteiger partial charge in [-0.05, 0) is 79.6 Å². The quantitative estimate of drug-likeness (QED) is 0.388. The van der Waals surface area contributed by atoms with Crippen LogP contribution in [0.5, 0.6) is 11.5 Å². The summed E-state index contributed by atoms with van der Waals surface area (Å²) < 4.78 is 46.8. The van der Waals surface area contributed by atoms with E-state index >= 15 is 0 Å². The number of halogens is 3. The molecule has 1 heterocycles. The molecule has 4 rings (SSSR count). The molecule has 1 atom stereocenters. The lowest BCUT2D eigenvalue weighted by atomic mass is 9.99. The second kappa shape index (κ2) is 8.91. The molecule has 0 spiro atoms. The number of nitrogens with zero attached hydrogens (tertiary/aromatic N) is 1. The van der Waals surface area contributed by atoms with Gasteiger partial charge in [-0.3, -0.25) is 0 Å². The van der Waals surface area contributed by atoms with Crippen molar-refractivity contribution in [2.75, 3.05) is 6.61 Å². The number of alkyl halides is 3. The molecule has 0 aliphatic heterocycles. The Hall–Kier alpha value is -2.54. The Balaban J connectivity index is 1.36. The highest BCUT2D eigenvalue weighted by molar-refractivity contribution is 7.15. The van der Waals surface area contributed by atoms with Crippen LogP contribution in [0.1, 0.15) is 47.4 Å². The van der Waals surface area contributed by atoms with Crippen molar-refractivity contribution in [1.29, 1.82) is 0 Å². The summed E-state index contributed by atoms with van der Waals surface area (Å²) in [6.45, 7) is 4.76. The Morgan fingerprint density at radius 3 is 2.55 bits per heavy atom. The number of aryl methyl sites for hydroxylation is 2. The van der Waals surface area contributed by atoms with Crippen LogP contribution in [0.15, 0.2) is 42.5 Å². The first-order valence-corrected chi connectivity index (χ1v) is 11.2. The van der Waals surface area contributed by atoms with Crippen LogP contribution < -0.4 is 9.47 Å². The van der Waals surface area contributed by atoms with Crippen LogP contribution in [0.3, 0.4) is 0 Å². The number of aromatic nitrogens is 1. The fraction of sp³-hybridized carbons (Fsp3) is 0.375. The Kier molecular flexibility index (Phi) is 6.23. The predicted molar refractivity (Wildman–Crippen MR) is 116 cm³/mol. The predicted octanol–water partition coefficient (Wildman–Crippen LogP) is 7.08. The molecular weight excluding hydrogens is 423 g/mol. The molecule has 164 valence electrons. The van der Waals surface area contributed by atoms with Crippen molar-refractivity contribution in [1.82, 2.24) is 4.98 Å². The Labute approximate surface area is 183 Å². The number of hydrogen-bond acceptors (Lipinski definition) is 4. The zero-order valence-electron chi connectivity index (χ0n) is 17.5. The van der Waals surface area contributed by atoms with Crippen LogP contribution in [0, 0.1) is 6.92 Å². The van der Waals surface area contributed by atoms with Crippen molar-refractivity contribution in [3.05, 3.63) is 64.2 Å². The monoisotopic (exact) mass is 447 g/mol. The topological polar surface area (TPSA) is 31.4 Å². The van der Waals surface area contributed by atoms with E-state index in [1.54, 1.807) is 12.1 Å². The average Bonchev–Trinajstić information content (AvgIpc) is 3.30. The van der Waals surface area contributed by atoms with E-state index in [9.17, 15) is 13.2 Å². The van der Waals surface area contributed by atoms with Gasteiger partial charge in [0.15, 0.2) is 0 Å². The highest BCUT2D eigenvalue weighted by Crippen LogP contribution is 2.37. The van der Waals surface area contributed by atoms with Crippen molar-refractivity contribution < 1.29 is 22.6 Å². The zero-order chi connectivity index (χ0) is 22.0. The standard InChI is InChI=1S/C24H24F3NO2S/c1-3-16-4-5-18-14-20(10-11-21(16)18)29-13-12-22-15(2)31-23(28-22)17-6-8-19(9-7-17)30-24(25,26)27/h6-11,14,16H,3-5,12-13H2,1-2H3. The first-order chi connectivity index (χ1) is 14.8. The summed E-state index contributed by atoms with van der Waals surface area (Å²) in [7, 11) is 0. The molecule has 0 fully saturated rings. The van der Waals surface area contributed by atoms with Gasteiger partial charge in [0.1, 0.15) is 16.5 Å². The van der Waals surface area contributed by atoms with Crippen molar-refractivity contribution in [2.24, 2.45) is 0 Å². The van der Waals surface area contributed by atoms with E-state index in [1.807, 2.05) is 6.92 Å². The lowest BCUT2D eigenvalue weighted by Crippen LogP contribution is -2.16. The first kappa shape index (κ1) is 21.7. The minimum atomic E-state index is -4.69. The molecule has 0 N–H and O–H groups in total. The fourth-order valence-corrected chi connectivity index (χ4v) is 5.01. The summed E-state index contributed by atoms with van der Waals surface area (Å²) in [6, 6.07) is 12.2. The Morgan fingerprint density at radius 1 is 1.10 bits per heavy atom. The summed E-state index contributed by atoms with van der Waals surface area (Å²) >= 11 is 1.52. The van der Waals surface area contributed by atoms with E-state index in [4.69, 9.17) is 4.74 Å². The maximum absolute atomic E-state index is 12.3. The van der Waals surface area contributed by atoms with Gasteiger partial charge in [-0.15, -0.1) is 24.5 Å². The molecule has 0 saturated carbocycles. The number of hydrogen-bond donors (Lipinski definition) is 0. The maximum Gasteiger partial charge on any atom is 0.573 e. The van der Waals surface area contributed by atoms with Gasteiger partial charge in [0, 0.05) is 16.9 Å². The van der Waals surface area contributed by atoms with Crippen LogP contribution in [0.2, 0.25) is 0 Å². The third-order valence-electron chi connectivity index (χ3n) is 5.64. The SMILES string of the molecule is CCC1CCc2cc(OCCc3nc(-c4ccc(OC(F)(F)F)cc4)sc3C)ccc21. The lowest BCUT2D eigenvalue weighted by molar-refractivity contribution is -0.274. The minimum Gasteiger partial charge on any atom is -0.493 e. The molecule has 3 aromatic rings. The number of ether oxygens (including phenoxy) is 2. The Morgan fingerprint density at radius 2 is 1.84 bits per heavy atom. The van der Waals surface area contributed by atoms with Gasteiger partial charge in [-0.1, -0.05) is 13.0 Å². The summed E-state index contributed by atoms with van der Waals surface area (Å²) in [4.78, 5) is 5.75. The average molecular weight is 448 g/mol. The van der Waals surface area contributed by atoms with Gasteiger partial charge in [0.25, 0.3) is 0 Å². The molecular formula is C24H24F3NO2S. The third kappa shape index (κ3) is 5.21. The van der Waals surface area contributed by atoms with E-state index in [0.29, 0.717) is 18.9 Å². The maximum atomic E-state index is 12.3. The molecule has 0 amide bonds. The normalized spacial score (nSPS) is 15.7. The molecule has 1 aliphatic carbocycles. The lowest BCUT2D eigenvalue weighted by Gasteiger charge is -2.10. The number of rotatable bonds is 7. The highest BCUT2D eigenvalue weighted by Gasteiger charge is 2.31. The van der Waals surface area contributed by atoms with E-state index in [-0.39, 0.29) is 5.75 Å². The molecule has 3 nitrogen and oxygen atoms in total. The molecule has 1 aromatic heterocycles. The molecule has 0 saturated heterocycles. The van der Waals surface area contributed by atoms with Crippen molar-refractivity contribution >= 4 is 11.3 Å². The molecule has 31 heavy (non-hydrogen) atoms. The summed E-state index contributed by atoms with van der Waals surface area (Å²) in [5.41, 5.74) is 4.57. The third-order valence-corrected chi connectivity index (χ3v) is 6.71. The largest absolute Gasteiger partial charge is 0.573 e. The van der Waals surface area contributed by atoms with Gasteiger partial charge >= 0.3 is 6.36 Å². The van der Waals surface area contributed by atoms with Crippen LogP contribution in [0.4, 0.5) is 13.2 Å². The second-order valence-electron chi connectivity index (χ2n) is 7.70. The van der Waals surface area contributed by atoms with Crippen LogP contribution >= 0.6 is 11.3 Å². The number of thiazole rings is 1. The van der Waals surface area contributed by atoms with Crippen molar-refractivity contribution in [3.8, 4) is 22.1 Å². The summed E-state index contributed by atoms with van der Waals surface area (Å²) in [5.74, 6) is 1.33. The van der Waals surface area contributed by atoms with Crippen molar-refractivity contribution in [3.63, 3.8) is 0 Å². The zero-order valence-corrected chi connectivity index (χ0v) is 18.3. The fourth-order valence-electron chi connectivity index (χ4n) is 4.04. The van der Waals surface area contributed by atoms with E-state index in [2.05, 4.69) is 34.8 Å². The first-order valence-electron chi connectivity index (χ1n) is 10.4. The second-order valence-corrected chi connectivity index (χ2v) is 8.90. The van der Waals surface area contributed by atoms with Gasteiger partial charge in [0.2, 0.25) is 0 Å². The van der Waals surface area contributed by atoms with Gasteiger partial charge in [-0.2, -0.15) is 0 Å². The van der Waals surface area contributed by atoms with Crippen LogP contribution in [-0.2, 0) is 12.8 Å². The highest BCUT2D eigenvalue weighted by atomic mass is 32.1. The molecule has 0 radical (unpaired) electrons. The molecule has 2 aromatic carbocycles. The van der Waals surface area contributed by atoms with E-state index in [1.165, 1.54) is 47.4 Å². The van der Waals surface area contributed by atoms with E-state index < -0.39 is 6.36 Å². The summed E-state index contributed by atoms with van der Waals surface area (Å²) in [6.07, 6.45) is -0.502. The van der Waals surface area contributed by atoms with Crippen molar-refractivity contribution in [2.45, 2.75) is 51.8 Å². The van der Waals surface area contributed by atoms with E-state index in [0.717, 1.165) is 33.3 Å². The van der Waals surface area contributed by atoms with Crippen LogP contribution in [0.25, 0.3) is 10.6 Å².